The van der Waals surface area contributed by atoms with Crippen molar-refractivity contribution in [1.29, 1.82) is 0 Å². The molecule has 0 radical (unpaired) electrons. The molecule has 0 amide bonds. The van der Waals surface area contributed by atoms with Crippen molar-refractivity contribution < 1.29 is 0 Å². The molecule has 0 saturated carbocycles. The van der Waals surface area contributed by atoms with E-state index in [1.165, 1.54) is 57.7 Å². The molecule has 1 aliphatic carbocycles. The van der Waals surface area contributed by atoms with Crippen molar-refractivity contribution in [2.45, 2.75) is 78.9 Å². The SMILES string of the molecule is CCCB(CCC)N(CC(C)C)C1=CCCCC1. The molecule has 1 nitrogen and oxygen atoms in total. The topological polar surface area (TPSA) is 3.24 Å². The Hall–Kier alpha value is -0.395. The Morgan fingerprint density at radius 2 is 1.83 bits per heavy atom. The van der Waals surface area contributed by atoms with E-state index in [1.807, 2.05) is 0 Å². The standard InChI is InChI=1S/C16H32BN/c1-5-12-17(13-6-2)18(14-15(3)4)16-10-8-7-9-11-16/h10,15H,5-9,11-14H2,1-4H3. The van der Waals surface area contributed by atoms with Crippen LogP contribution in [0.5, 0.6) is 0 Å². The lowest BCUT2D eigenvalue weighted by atomic mass is 9.52. The average Bonchev–Trinajstić information content (AvgIpc) is 2.37. The van der Waals surface area contributed by atoms with Gasteiger partial charge in [-0.05, 0) is 37.3 Å². The van der Waals surface area contributed by atoms with Gasteiger partial charge in [0.1, 0.15) is 0 Å². The van der Waals surface area contributed by atoms with Crippen LogP contribution in [0, 0.1) is 5.92 Å². The van der Waals surface area contributed by atoms with Gasteiger partial charge in [-0.3, -0.25) is 0 Å². The summed E-state index contributed by atoms with van der Waals surface area (Å²) in [4.78, 5) is 2.76. The van der Waals surface area contributed by atoms with Gasteiger partial charge in [0, 0.05) is 6.54 Å². The van der Waals surface area contributed by atoms with Gasteiger partial charge in [-0.1, -0.05) is 59.3 Å². The summed E-state index contributed by atoms with van der Waals surface area (Å²) in [5.41, 5.74) is 1.65. The minimum atomic E-state index is 0.768. The molecule has 0 aromatic heterocycles. The largest absolute Gasteiger partial charge is 0.418 e. The van der Waals surface area contributed by atoms with Gasteiger partial charge in [0.25, 0.3) is 6.85 Å². The Balaban J connectivity index is 2.75. The molecule has 0 bridgehead atoms. The summed E-state index contributed by atoms with van der Waals surface area (Å²) < 4.78 is 0. The summed E-state index contributed by atoms with van der Waals surface area (Å²) in [6.45, 7) is 11.4. The van der Waals surface area contributed by atoms with E-state index in [0.29, 0.717) is 0 Å². The lowest BCUT2D eigenvalue weighted by molar-refractivity contribution is 0.411. The van der Waals surface area contributed by atoms with Crippen LogP contribution >= 0.6 is 0 Å². The van der Waals surface area contributed by atoms with Crippen LogP contribution in [0.3, 0.4) is 0 Å². The molecular formula is C16H32BN. The third-order valence-electron chi connectivity index (χ3n) is 3.88. The first-order chi connectivity index (χ1) is 8.69. The molecule has 0 heterocycles. The van der Waals surface area contributed by atoms with Gasteiger partial charge in [0.2, 0.25) is 0 Å². The van der Waals surface area contributed by atoms with Crippen LogP contribution in [-0.2, 0) is 0 Å². The fourth-order valence-corrected chi connectivity index (χ4v) is 3.10. The van der Waals surface area contributed by atoms with Crippen LogP contribution in [0.1, 0.15) is 66.2 Å². The summed E-state index contributed by atoms with van der Waals surface area (Å²) in [6, 6.07) is 0. The van der Waals surface area contributed by atoms with Crippen molar-refractivity contribution in [2.24, 2.45) is 5.92 Å². The maximum atomic E-state index is 2.76. The highest BCUT2D eigenvalue weighted by Crippen LogP contribution is 2.26. The Bertz CT molecular complexity index is 241. The molecule has 104 valence electrons. The molecule has 0 aliphatic heterocycles. The zero-order valence-corrected chi connectivity index (χ0v) is 13.0. The van der Waals surface area contributed by atoms with Gasteiger partial charge in [0.15, 0.2) is 0 Å². The molecule has 0 spiro atoms. The fraction of sp³-hybridized carbons (Fsp3) is 0.875. The predicted molar refractivity (Wildman–Crippen MR) is 84.0 cm³/mol. The highest BCUT2D eigenvalue weighted by molar-refractivity contribution is 6.56. The highest BCUT2D eigenvalue weighted by atomic mass is 15.1. The number of nitrogens with zero attached hydrogens (tertiary/aromatic N) is 1. The molecule has 1 rings (SSSR count). The smallest absolute Gasteiger partial charge is 0.254 e. The first-order valence-corrected chi connectivity index (χ1v) is 8.14. The predicted octanol–water partition coefficient (Wildman–Crippen LogP) is 5.21. The second kappa shape index (κ2) is 8.66. The molecule has 0 unspecified atom stereocenters. The van der Waals surface area contributed by atoms with Crippen molar-refractivity contribution in [3.8, 4) is 0 Å². The minimum absolute atomic E-state index is 0.768. The zero-order chi connectivity index (χ0) is 13.4. The normalized spacial score (nSPS) is 15.7. The minimum Gasteiger partial charge on any atom is -0.418 e. The lowest BCUT2D eigenvalue weighted by Crippen LogP contribution is -2.41. The number of rotatable bonds is 8. The number of allylic oxidation sites excluding steroid dienone is 2. The Labute approximate surface area is 115 Å². The van der Waals surface area contributed by atoms with E-state index in [9.17, 15) is 0 Å². The lowest BCUT2D eigenvalue weighted by Gasteiger charge is -2.36. The second-order valence-corrected chi connectivity index (χ2v) is 6.22. The van der Waals surface area contributed by atoms with E-state index in [2.05, 4.69) is 38.6 Å². The molecule has 0 N–H and O–H groups in total. The van der Waals surface area contributed by atoms with E-state index in [4.69, 9.17) is 0 Å². The van der Waals surface area contributed by atoms with Gasteiger partial charge in [0.05, 0.1) is 0 Å². The van der Waals surface area contributed by atoms with Crippen LogP contribution in [0.2, 0.25) is 12.6 Å². The monoisotopic (exact) mass is 249 g/mol. The molecule has 18 heavy (non-hydrogen) atoms. The Morgan fingerprint density at radius 1 is 1.17 bits per heavy atom. The van der Waals surface area contributed by atoms with E-state index < -0.39 is 0 Å². The first-order valence-electron chi connectivity index (χ1n) is 8.14. The summed E-state index contributed by atoms with van der Waals surface area (Å²) in [5, 5.41) is 0. The molecule has 0 fully saturated rings. The van der Waals surface area contributed by atoms with Crippen LogP contribution in [0.4, 0.5) is 0 Å². The van der Waals surface area contributed by atoms with E-state index in [1.54, 1.807) is 5.70 Å². The molecule has 0 atom stereocenters. The van der Waals surface area contributed by atoms with Crippen molar-refractivity contribution in [2.75, 3.05) is 6.54 Å². The van der Waals surface area contributed by atoms with Crippen LogP contribution < -0.4 is 0 Å². The number of hydrogen-bond donors (Lipinski definition) is 0. The molecule has 1 aliphatic rings. The van der Waals surface area contributed by atoms with Gasteiger partial charge >= 0.3 is 0 Å². The fourth-order valence-electron chi connectivity index (χ4n) is 3.10. The number of hydrogen-bond acceptors (Lipinski definition) is 1. The first kappa shape index (κ1) is 15.7. The highest BCUT2D eigenvalue weighted by Gasteiger charge is 2.24. The Morgan fingerprint density at radius 3 is 2.28 bits per heavy atom. The third kappa shape index (κ3) is 5.08. The molecule has 0 aromatic rings. The third-order valence-corrected chi connectivity index (χ3v) is 3.88. The summed E-state index contributed by atoms with van der Waals surface area (Å²) >= 11 is 0. The van der Waals surface area contributed by atoms with Gasteiger partial charge in [-0.2, -0.15) is 0 Å². The van der Waals surface area contributed by atoms with Crippen molar-refractivity contribution >= 4 is 6.85 Å². The second-order valence-electron chi connectivity index (χ2n) is 6.22. The van der Waals surface area contributed by atoms with Crippen molar-refractivity contribution in [3.63, 3.8) is 0 Å². The summed E-state index contributed by atoms with van der Waals surface area (Å²) in [7, 11) is 0. The van der Waals surface area contributed by atoms with Gasteiger partial charge in [-0.25, -0.2) is 0 Å². The Kier molecular flexibility index (Phi) is 7.54. The van der Waals surface area contributed by atoms with Crippen molar-refractivity contribution in [3.05, 3.63) is 11.8 Å². The zero-order valence-electron chi connectivity index (χ0n) is 13.0. The van der Waals surface area contributed by atoms with Gasteiger partial charge in [-0.15, -0.1) is 0 Å². The summed E-state index contributed by atoms with van der Waals surface area (Å²) in [5.74, 6) is 0.768. The average molecular weight is 249 g/mol. The van der Waals surface area contributed by atoms with Crippen LogP contribution in [0.25, 0.3) is 0 Å². The molecule has 2 heteroatoms. The van der Waals surface area contributed by atoms with Crippen LogP contribution in [-0.4, -0.2) is 18.2 Å². The molecule has 0 saturated heterocycles. The molecular weight excluding hydrogens is 217 g/mol. The van der Waals surface area contributed by atoms with Gasteiger partial charge < -0.3 is 4.81 Å². The van der Waals surface area contributed by atoms with E-state index in [0.717, 1.165) is 12.8 Å². The van der Waals surface area contributed by atoms with E-state index >= 15 is 0 Å². The maximum absolute atomic E-state index is 2.76. The summed E-state index contributed by atoms with van der Waals surface area (Å²) in [6.07, 6.45) is 13.3. The quantitative estimate of drug-likeness (QED) is 0.533. The van der Waals surface area contributed by atoms with E-state index in [-0.39, 0.29) is 0 Å². The molecule has 0 aromatic carbocycles. The maximum Gasteiger partial charge on any atom is 0.254 e. The van der Waals surface area contributed by atoms with Crippen molar-refractivity contribution in [1.82, 2.24) is 4.81 Å². The van der Waals surface area contributed by atoms with Crippen LogP contribution in [0.15, 0.2) is 11.8 Å².